The van der Waals surface area contributed by atoms with E-state index in [1.165, 1.54) is 16.7 Å². The van der Waals surface area contributed by atoms with Gasteiger partial charge in [0.15, 0.2) is 0 Å². The van der Waals surface area contributed by atoms with Gasteiger partial charge in [-0.15, -0.1) is 0 Å². The molecule has 2 fully saturated rings. The fraction of sp³-hybridized carbons (Fsp3) is 0.423. The van der Waals surface area contributed by atoms with Gasteiger partial charge in [-0.2, -0.15) is 11.8 Å². The molecule has 0 bridgehead atoms. The lowest BCUT2D eigenvalue weighted by Crippen LogP contribution is -2.57. The summed E-state index contributed by atoms with van der Waals surface area (Å²) in [6.07, 6.45) is 1.92. The van der Waals surface area contributed by atoms with Crippen molar-refractivity contribution in [3.8, 4) is 11.1 Å². The first-order chi connectivity index (χ1) is 16.5. The molecule has 3 aliphatic rings. The van der Waals surface area contributed by atoms with Crippen molar-refractivity contribution in [2.75, 3.05) is 24.7 Å². The number of carbonyl (C=O) groups is 3. The second-order valence-electron chi connectivity index (χ2n) is 9.16. The number of aliphatic carboxylic acids is 1. The molecule has 2 aromatic carbocycles. The molecule has 2 N–H and O–H groups in total. The maximum absolute atomic E-state index is 13.3. The zero-order valence-corrected chi connectivity index (χ0v) is 19.6. The van der Waals surface area contributed by atoms with Gasteiger partial charge in [0.05, 0.1) is 0 Å². The Labute approximate surface area is 202 Å². The first kappa shape index (κ1) is 22.8. The molecule has 0 spiro atoms. The van der Waals surface area contributed by atoms with Crippen LogP contribution in [0.3, 0.4) is 0 Å². The lowest BCUT2D eigenvalue weighted by molar-refractivity contribution is -0.150. The third kappa shape index (κ3) is 4.64. The molecular formula is C26H28N2O5S. The lowest BCUT2D eigenvalue weighted by Gasteiger charge is -2.35. The van der Waals surface area contributed by atoms with Gasteiger partial charge in [0, 0.05) is 24.0 Å². The number of carbonyl (C=O) groups excluding carboxylic acids is 2. The summed E-state index contributed by atoms with van der Waals surface area (Å²) in [5.74, 6) is 0.0372. The molecule has 2 atom stereocenters. The SMILES string of the molecule is O=C(N[C@@H](CC1CC1)C(=O)N1CCSCC1C(=O)O)OCC1c2ccccc2-c2ccccc21. The van der Waals surface area contributed by atoms with E-state index in [1.807, 2.05) is 24.3 Å². The van der Waals surface area contributed by atoms with Crippen LogP contribution in [-0.2, 0) is 14.3 Å². The van der Waals surface area contributed by atoms with E-state index in [0.29, 0.717) is 30.4 Å². The fourth-order valence-corrected chi connectivity index (χ4v) is 6.00. The van der Waals surface area contributed by atoms with E-state index < -0.39 is 24.1 Å². The average Bonchev–Trinajstić information content (AvgIpc) is 3.62. The van der Waals surface area contributed by atoms with Gasteiger partial charge in [-0.1, -0.05) is 61.4 Å². The van der Waals surface area contributed by atoms with Crippen LogP contribution in [-0.4, -0.2) is 64.7 Å². The van der Waals surface area contributed by atoms with Crippen LogP contribution in [0.15, 0.2) is 48.5 Å². The molecule has 1 saturated heterocycles. The van der Waals surface area contributed by atoms with Crippen LogP contribution in [0.4, 0.5) is 4.79 Å². The smallest absolute Gasteiger partial charge is 0.407 e. The summed E-state index contributed by atoms with van der Waals surface area (Å²) >= 11 is 1.53. The summed E-state index contributed by atoms with van der Waals surface area (Å²) in [6.45, 7) is 0.538. The van der Waals surface area contributed by atoms with Crippen molar-refractivity contribution < 1.29 is 24.2 Å². The molecule has 1 heterocycles. The van der Waals surface area contributed by atoms with Crippen molar-refractivity contribution in [1.82, 2.24) is 10.2 Å². The number of hydrogen-bond donors (Lipinski definition) is 2. The summed E-state index contributed by atoms with van der Waals surface area (Å²) in [5.41, 5.74) is 4.54. The molecule has 1 unspecified atom stereocenters. The van der Waals surface area contributed by atoms with Gasteiger partial charge in [0.2, 0.25) is 5.91 Å². The normalized spacial score (nSPS) is 20.2. The summed E-state index contributed by atoms with van der Waals surface area (Å²) in [5, 5.41) is 12.3. The first-order valence-electron chi connectivity index (χ1n) is 11.8. The molecule has 34 heavy (non-hydrogen) atoms. The number of hydrogen-bond acceptors (Lipinski definition) is 5. The topological polar surface area (TPSA) is 95.9 Å². The van der Waals surface area contributed by atoms with Crippen LogP contribution >= 0.6 is 11.8 Å². The number of fused-ring (bicyclic) bond motifs is 3. The number of nitrogens with zero attached hydrogens (tertiary/aromatic N) is 1. The van der Waals surface area contributed by atoms with E-state index in [2.05, 4.69) is 29.6 Å². The van der Waals surface area contributed by atoms with Crippen molar-refractivity contribution in [3.63, 3.8) is 0 Å². The predicted molar refractivity (Wildman–Crippen MR) is 130 cm³/mol. The summed E-state index contributed by atoms with van der Waals surface area (Å²) in [4.78, 5) is 39.2. The highest BCUT2D eigenvalue weighted by Gasteiger charge is 2.39. The number of carboxylic acids is 1. The third-order valence-corrected chi connectivity index (χ3v) is 7.92. The summed E-state index contributed by atoms with van der Waals surface area (Å²) in [6, 6.07) is 14.6. The highest BCUT2D eigenvalue weighted by atomic mass is 32.2. The average molecular weight is 481 g/mol. The largest absolute Gasteiger partial charge is 0.480 e. The number of benzene rings is 2. The van der Waals surface area contributed by atoms with Crippen LogP contribution in [0.5, 0.6) is 0 Å². The van der Waals surface area contributed by atoms with E-state index in [9.17, 15) is 19.5 Å². The van der Waals surface area contributed by atoms with Crippen molar-refractivity contribution in [1.29, 1.82) is 0 Å². The van der Waals surface area contributed by atoms with Crippen molar-refractivity contribution in [2.24, 2.45) is 5.92 Å². The van der Waals surface area contributed by atoms with Gasteiger partial charge in [-0.3, -0.25) is 4.79 Å². The minimum Gasteiger partial charge on any atom is -0.480 e. The van der Waals surface area contributed by atoms with E-state index in [-0.39, 0.29) is 18.4 Å². The Hall–Kier alpha value is -3.00. The number of nitrogens with one attached hydrogen (secondary N) is 1. The zero-order chi connectivity index (χ0) is 23.7. The molecule has 1 aliphatic heterocycles. The number of carboxylic acid groups (broad SMARTS) is 1. The van der Waals surface area contributed by atoms with Gasteiger partial charge >= 0.3 is 12.1 Å². The van der Waals surface area contributed by atoms with Crippen molar-refractivity contribution >= 4 is 29.7 Å². The van der Waals surface area contributed by atoms with Crippen molar-refractivity contribution in [2.45, 2.75) is 37.3 Å². The van der Waals surface area contributed by atoms with Crippen LogP contribution in [0.2, 0.25) is 0 Å². The quantitative estimate of drug-likeness (QED) is 0.627. The minimum absolute atomic E-state index is 0.0637. The Balaban J connectivity index is 1.27. The van der Waals surface area contributed by atoms with E-state index in [4.69, 9.17) is 4.74 Å². The number of ether oxygens (including phenoxy) is 1. The second kappa shape index (κ2) is 9.70. The van der Waals surface area contributed by atoms with Crippen LogP contribution in [0, 0.1) is 5.92 Å². The third-order valence-electron chi connectivity index (χ3n) is 6.90. The number of thioether (sulfide) groups is 1. The molecule has 1 saturated carbocycles. The molecule has 0 radical (unpaired) electrons. The standard InChI is InChI=1S/C26H28N2O5S/c29-24(28-11-12-34-15-23(28)25(30)31)22(13-16-9-10-16)27-26(32)33-14-21-19-7-3-1-5-17(19)18-6-2-4-8-20(18)21/h1-8,16,21-23H,9-15H2,(H,27,32)(H,30,31)/t22-,23?/m0/s1. The van der Waals surface area contributed by atoms with E-state index in [1.54, 1.807) is 0 Å². The minimum atomic E-state index is -1.01. The Bertz CT molecular complexity index is 1060. The van der Waals surface area contributed by atoms with Gasteiger partial charge in [0.1, 0.15) is 18.7 Å². The summed E-state index contributed by atoms with van der Waals surface area (Å²) in [7, 11) is 0. The molecule has 5 rings (SSSR count). The molecule has 0 aromatic heterocycles. The fourth-order valence-electron chi connectivity index (χ4n) is 4.96. The van der Waals surface area contributed by atoms with E-state index >= 15 is 0 Å². The highest BCUT2D eigenvalue weighted by molar-refractivity contribution is 7.99. The lowest BCUT2D eigenvalue weighted by atomic mass is 9.98. The van der Waals surface area contributed by atoms with Crippen molar-refractivity contribution in [3.05, 3.63) is 59.7 Å². The van der Waals surface area contributed by atoms with Gasteiger partial charge in [0.25, 0.3) is 0 Å². The monoisotopic (exact) mass is 480 g/mol. The molecule has 2 aromatic rings. The first-order valence-corrected chi connectivity index (χ1v) is 12.9. The zero-order valence-electron chi connectivity index (χ0n) is 18.8. The van der Waals surface area contributed by atoms with Crippen LogP contribution in [0.1, 0.15) is 36.3 Å². The van der Waals surface area contributed by atoms with Gasteiger partial charge < -0.3 is 20.1 Å². The maximum Gasteiger partial charge on any atom is 0.407 e. The maximum atomic E-state index is 13.3. The van der Waals surface area contributed by atoms with Gasteiger partial charge in [-0.05, 0) is 34.6 Å². The molecule has 178 valence electrons. The second-order valence-corrected chi connectivity index (χ2v) is 10.3. The van der Waals surface area contributed by atoms with Crippen LogP contribution in [0.25, 0.3) is 11.1 Å². The molecular weight excluding hydrogens is 452 g/mol. The van der Waals surface area contributed by atoms with E-state index in [0.717, 1.165) is 35.1 Å². The summed E-state index contributed by atoms with van der Waals surface area (Å²) < 4.78 is 5.64. The molecule has 2 aliphatic carbocycles. The van der Waals surface area contributed by atoms with Crippen LogP contribution < -0.4 is 5.32 Å². The molecule has 8 heteroatoms. The Morgan fingerprint density at radius 3 is 2.32 bits per heavy atom. The highest BCUT2D eigenvalue weighted by Crippen LogP contribution is 2.44. The predicted octanol–water partition coefficient (Wildman–Crippen LogP) is 3.72. The Morgan fingerprint density at radius 2 is 1.71 bits per heavy atom. The number of amides is 2. The van der Waals surface area contributed by atoms with Gasteiger partial charge in [-0.25, -0.2) is 9.59 Å². The molecule has 7 nitrogen and oxygen atoms in total. The molecule has 2 amide bonds. The Morgan fingerprint density at radius 1 is 1.06 bits per heavy atom. The number of alkyl carbamates (subject to hydrolysis) is 1. The Kier molecular flexibility index (Phi) is 6.50. The number of rotatable bonds is 7.